The molecule has 2 amide bonds. The Bertz CT molecular complexity index is 834. The smallest absolute Gasteiger partial charge is 0.255 e. The summed E-state index contributed by atoms with van der Waals surface area (Å²) in [7, 11) is 0. The minimum absolute atomic E-state index is 0.0819. The van der Waals surface area contributed by atoms with Crippen LogP contribution in [0.1, 0.15) is 21.5 Å². The van der Waals surface area contributed by atoms with Gasteiger partial charge in [-0.2, -0.15) is 5.26 Å². The third kappa shape index (κ3) is 4.47. The van der Waals surface area contributed by atoms with E-state index in [0.29, 0.717) is 49.5 Å². The molecule has 0 unspecified atom stereocenters. The summed E-state index contributed by atoms with van der Waals surface area (Å²) in [4.78, 5) is 26.3. The Labute approximate surface area is 152 Å². The Balaban J connectivity index is 1.59. The van der Waals surface area contributed by atoms with E-state index >= 15 is 0 Å². The van der Waals surface area contributed by atoms with E-state index in [4.69, 9.17) is 10.00 Å². The number of benzene rings is 2. The van der Waals surface area contributed by atoms with Crippen LogP contribution in [0, 0.1) is 11.3 Å². The van der Waals surface area contributed by atoms with Crippen molar-refractivity contribution in [1.29, 1.82) is 5.26 Å². The minimum Gasteiger partial charge on any atom is -0.378 e. The fourth-order valence-corrected chi connectivity index (χ4v) is 2.74. The summed E-state index contributed by atoms with van der Waals surface area (Å²) in [5.74, 6) is -0.197. The van der Waals surface area contributed by atoms with Gasteiger partial charge in [-0.05, 0) is 35.9 Å². The van der Waals surface area contributed by atoms with E-state index in [0.717, 1.165) is 5.56 Å². The molecule has 1 heterocycles. The number of anilines is 1. The van der Waals surface area contributed by atoms with Crippen molar-refractivity contribution in [3.63, 3.8) is 0 Å². The van der Waals surface area contributed by atoms with Crippen molar-refractivity contribution < 1.29 is 14.3 Å². The van der Waals surface area contributed by atoms with Crippen molar-refractivity contribution in [2.45, 2.75) is 6.42 Å². The number of rotatable bonds is 4. The maximum atomic E-state index is 12.3. The lowest BCUT2D eigenvalue weighted by molar-refractivity contribution is -0.134. The predicted octanol–water partition coefficient (Wildman–Crippen LogP) is 2.21. The monoisotopic (exact) mass is 349 g/mol. The van der Waals surface area contributed by atoms with E-state index in [1.807, 2.05) is 18.2 Å². The molecule has 26 heavy (non-hydrogen) atoms. The Morgan fingerprint density at radius 1 is 1.12 bits per heavy atom. The number of nitrogens with zero attached hydrogens (tertiary/aromatic N) is 2. The molecule has 2 aromatic rings. The highest BCUT2D eigenvalue weighted by molar-refractivity contribution is 6.04. The first kappa shape index (κ1) is 17.6. The Kier molecular flexibility index (Phi) is 5.62. The topological polar surface area (TPSA) is 82.4 Å². The first-order valence-electron chi connectivity index (χ1n) is 8.42. The van der Waals surface area contributed by atoms with Crippen LogP contribution in [0.3, 0.4) is 0 Å². The number of hydrogen-bond acceptors (Lipinski definition) is 4. The van der Waals surface area contributed by atoms with Gasteiger partial charge in [0.05, 0.1) is 31.3 Å². The highest BCUT2D eigenvalue weighted by Crippen LogP contribution is 2.14. The number of amides is 2. The van der Waals surface area contributed by atoms with E-state index in [9.17, 15) is 9.59 Å². The van der Waals surface area contributed by atoms with Crippen LogP contribution in [-0.2, 0) is 16.0 Å². The molecule has 6 nitrogen and oxygen atoms in total. The summed E-state index contributed by atoms with van der Waals surface area (Å²) in [6.45, 7) is 2.44. The number of carbonyl (C=O) groups excluding carboxylic acids is 2. The Morgan fingerprint density at radius 2 is 1.85 bits per heavy atom. The number of nitriles is 1. The Hall–Kier alpha value is -3.17. The van der Waals surface area contributed by atoms with Gasteiger partial charge in [0.1, 0.15) is 0 Å². The van der Waals surface area contributed by atoms with Crippen molar-refractivity contribution in [2.24, 2.45) is 0 Å². The van der Waals surface area contributed by atoms with Crippen LogP contribution < -0.4 is 5.32 Å². The summed E-state index contributed by atoms with van der Waals surface area (Å²) in [6, 6.07) is 15.8. The van der Waals surface area contributed by atoms with Gasteiger partial charge in [0.15, 0.2) is 0 Å². The molecule has 1 aliphatic heterocycles. The van der Waals surface area contributed by atoms with E-state index < -0.39 is 0 Å². The summed E-state index contributed by atoms with van der Waals surface area (Å²) in [5, 5.41) is 11.7. The van der Waals surface area contributed by atoms with Crippen LogP contribution in [-0.4, -0.2) is 43.0 Å². The standard InChI is InChI=1S/C20H19N3O3/c21-14-16-2-1-3-17(12-16)20(25)22-18-6-4-15(5-7-18)13-19(24)23-8-10-26-11-9-23/h1-7,12H,8-11,13H2,(H,22,25). The normalized spacial score (nSPS) is 13.7. The summed E-state index contributed by atoms with van der Waals surface area (Å²) in [6.07, 6.45) is 0.332. The first-order chi connectivity index (χ1) is 12.7. The molecule has 1 N–H and O–H groups in total. The average molecular weight is 349 g/mol. The van der Waals surface area contributed by atoms with Crippen LogP contribution in [0.2, 0.25) is 0 Å². The van der Waals surface area contributed by atoms with Crippen molar-refractivity contribution in [1.82, 2.24) is 4.90 Å². The Morgan fingerprint density at radius 3 is 2.54 bits per heavy atom. The largest absolute Gasteiger partial charge is 0.378 e. The van der Waals surface area contributed by atoms with Crippen LogP contribution >= 0.6 is 0 Å². The third-order valence-corrected chi connectivity index (χ3v) is 4.18. The average Bonchev–Trinajstić information content (AvgIpc) is 2.70. The molecule has 132 valence electrons. The highest BCUT2D eigenvalue weighted by atomic mass is 16.5. The molecule has 2 aromatic carbocycles. The van der Waals surface area contributed by atoms with Gasteiger partial charge in [-0.25, -0.2) is 0 Å². The zero-order chi connectivity index (χ0) is 18.4. The summed E-state index contributed by atoms with van der Waals surface area (Å²) < 4.78 is 5.25. The summed E-state index contributed by atoms with van der Waals surface area (Å²) >= 11 is 0. The number of ether oxygens (including phenoxy) is 1. The zero-order valence-corrected chi connectivity index (χ0v) is 14.3. The lowest BCUT2D eigenvalue weighted by Gasteiger charge is -2.26. The van der Waals surface area contributed by atoms with E-state index in [2.05, 4.69) is 5.32 Å². The zero-order valence-electron chi connectivity index (χ0n) is 14.3. The lowest BCUT2D eigenvalue weighted by Crippen LogP contribution is -2.41. The maximum absolute atomic E-state index is 12.3. The number of morpholine rings is 1. The van der Waals surface area contributed by atoms with Gasteiger partial charge in [-0.15, -0.1) is 0 Å². The van der Waals surface area contributed by atoms with Gasteiger partial charge in [-0.1, -0.05) is 18.2 Å². The molecule has 0 radical (unpaired) electrons. The van der Waals surface area contributed by atoms with Crippen LogP contribution in [0.25, 0.3) is 0 Å². The molecule has 0 spiro atoms. The highest BCUT2D eigenvalue weighted by Gasteiger charge is 2.17. The van der Waals surface area contributed by atoms with Gasteiger partial charge < -0.3 is 15.0 Å². The van der Waals surface area contributed by atoms with Crippen LogP contribution in [0.5, 0.6) is 0 Å². The predicted molar refractivity (Wildman–Crippen MR) is 96.7 cm³/mol. The number of hydrogen-bond donors (Lipinski definition) is 1. The van der Waals surface area contributed by atoms with Crippen LogP contribution in [0.4, 0.5) is 5.69 Å². The molecular weight excluding hydrogens is 330 g/mol. The van der Waals surface area contributed by atoms with E-state index in [1.54, 1.807) is 41.3 Å². The van der Waals surface area contributed by atoms with E-state index in [1.165, 1.54) is 0 Å². The molecule has 0 atom stereocenters. The van der Waals surface area contributed by atoms with Crippen molar-refractivity contribution in [2.75, 3.05) is 31.6 Å². The molecule has 1 fully saturated rings. The fourth-order valence-electron chi connectivity index (χ4n) is 2.74. The number of carbonyl (C=O) groups is 2. The molecule has 0 saturated carbocycles. The first-order valence-corrected chi connectivity index (χ1v) is 8.42. The van der Waals surface area contributed by atoms with E-state index in [-0.39, 0.29) is 11.8 Å². The van der Waals surface area contributed by atoms with Crippen molar-refractivity contribution in [3.05, 3.63) is 65.2 Å². The third-order valence-electron chi connectivity index (χ3n) is 4.18. The molecular formula is C20H19N3O3. The number of nitrogens with one attached hydrogen (secondary N) is 1. The van der Waals surface area contributed by atoms with Crippen molar-refractivity contribution in [3.8, 4) is 6.07 Å². The second-order valence-electron chi connectivity index (χ2n) is 6.01. The van der Waals surface area contributed by atoms with Crippen molar-refractivity contribution >= 4 is 17.5 Å². The second-order valence-corrected chi connectivity index (χ2v) is 6.01. The molecule has 1 saturated heterocycles. The minimum atomic E-state index is -0.278. The lowest BCUT2D eigenvalue weighted by atomic mass is 10.1. The van der Waals surface area contributed by atoms with Gasteiger partial charge in [0.25, 0.3) is 5.91 Å². The van der Waals surface area contributed by atoms with Gasteiger partial charge in [0, 0.05) is 24.3 Å². The SMILES string of the molecule is N#Cc1cccc(C(=O)Nc2ccc(CC(=O)N3CCOCC3)cc2)c1. The second kappa shape index (κ2) is 8.28. The van der Waals surface area contributed by atoms with Gasteiger partial charge >= 0.3 is 0 Å². The molecule has 0 aromatic heterocycles. The molecule has 3 rings (SSSR count). The quantitative estimate of drug-likeness (QED) is 0.917. The van der Waals surface area contributed by atoms with Gasteiger partial charge in [-0.3, -0.25) is 9.59 Å². The molecule has 1 aliphatic rings. The molecule has 0 bridgehead atoms. The summed E-state index contributed by atoms with van der Waals surface area (Å²) in [5.41, 5.74) is 2.40. The molecule has 0 aliphatic carbocycles. The van der Waals surface area contributed by atoms with Crippen LogP contribution in [0.15, 0.2) is 48.5 Å². The molecule has 6 heteroatoms. The van der Waals surface area contributed by atoms with Gasteiger partial charge in [0.2, 0.25) is 5.91 Å². The maximum Gasteiger partial charge on any atom is 0.255 e. The fraction of sp³-hybridized carbons (Fsp3) is 0.250.